The standard InChI is InChI=1S/C15H24/c1-7(2)14(5)9-8(10(9)14)11-12-13(3,4)15(11,12)6/h7-12H,1-6H3. The summed E-state index contributed by atoms with van der Waals surface area (Å²) < 4.78 is 0. The Hall–Kier alpha value is 0. The van der Waals surface area contributed by atoms with Gasteiger partial charge in [-0.15, -0.1) is 0 Å². The first-order valence-electron chi connectivity index (χ1n) is 6.80. The van der Waals surface area contributed by atoms with Gasteiger partial charge in [-0.25, -0.2) is 0 Å². The van der Waals surface area contributed by atoms with E-state index in [2.05, 4.69) is 41.5 Å². The van der Waals surface area contributed by atoms with E-state index in [0.29, 0.717) is 5.41 Å². The van der Waals surface area contributed by atoms with Gasteiger partial charge in [-0.1, -0.05) is 41.5 Å². The van der Waals surface area contributed by atoms with Crippen molar-refractivity contribution >= 4 is 0 Å². The molecule has 0 saturated heterocycles. The van der Waals surface area contributed by atoms with E-state index in [0.717, 1.165) is 40.4 Å². The molecule has 0 heterocycles. The molecule has 0 aromatic carbocycles. The molecule has 0 nitrogen and oxygen atoms in total. The summed E-state index contributed by atoms with van der Waals surface area (Å²) in [7, 11) is 0. The molecule has 0 aliphatic heterocycles. The molecule has 0 heteroatoms. The summed E-state index contributed by atoms with van der Waals surface area (Å²) in [6, 6.07) is 0. The molecule has 4 fully saturated rings. The van der Waals surface area contributed by atoms with Crippen LogP contribution in [-0.2, 0) is 0 Å². The summed E-state index contributed by atoms with van der Waals surface area (Å²) in [5.41, 5.74) is 2.25. The quantitative estimate of drug-likeness (QED) is 0.641. The fourth-order valence-electron chi connectivity index (χ4n) is 5.87. The third-order valence-corrected chi connectivity index (χ3v) is 7.73. The second-order valence-corrected chi connectivity index (χ2v) is 8.16. The molecule has 4 rings (SSSR count). The van der Waals surface area contributed by atoms with E-state index in [9.17, 15) is 0 Å². The van der Waals surface area contributed by atoms with Gasteiger partial charge < -0.3 is 0 Å². The van der Waals surface area contributed by atoms with Crippen LogP contribution in [0.5, 0.6) is 0 Å². The highest BCUT2D eigenvalue weighted by Gasteiger charge is 2.97. The predicted octanol–water partition coefficient (Wildman–Crippen LogP) is 3.82. The third-order valence-electron chi connectivity index (χ3n) is 7.73. The van der Waals surface area contributed by atoms with Crippen LogP contribution in [0.2, 0.25) is 0 Å². The molecular weight excluding hydrogens is 180 g/mol. The molecule has 0 radical (unpaired) electrons. The molecule has 0 bridgehead atoms. The first-order chi connectivity index (χ1) is 6.80. The van der Waals surface area contributed by atoms with Gasteiger partial charge in [-0.2, -0.15) is 0 Å². The van der Waals surface area contributed by atoms with E-state index in [1.54, 1.807) is 0 Å². The van der Waals surface area contributed by atoms with Crippen molar-refractivity contribution in [2.45, 2.75) is 41.5 Å². The van der Waals surface area contributed by atoms with Crippen LogP contribution in [0, 0.1) is 51.8 Å². The summed E-state index contributed by atoms with van der Waals surface area (Å²) in [5, 5.41) is 0. The highest BCUT2D eigenvalue weighted by molar-refractivity contribution is 5.43. The van der Waals surface area contributed by atoms with Gasteiger partial charge in [0.1, 0.15) is 0 Å². The SMILES string of the molecule is CC(C)C1(C)C2C(C3C4C(C)(C)C34C)C21. The van der Waals surface area contributed by atoms with E-state index >= 15 is 0 Å². The van der Waals surface area contributed by atoms with Gasteiger partial charge >= 0.3 is 0 Å². The van der Waals surface area contributed by atoms with Gasteiger partial charge in [0.2, 0.25) is 0 Å². The molecule has 4 aliphatic carbocycles. The minimum atomic E-state index is 0.709. The van der Waals surface area contributed by atoms with Crippen LogP contribution >= 0.6 is 0 Å². The van der Waals surface area contributed by atoms with E-state index in [-0.39, 0.29) is 0 Å². The number of rotatable bonds is 2. The Kier molecular flexibility index (Phi) is 1.10. The monoisotopic (exact) mass is 204 g/mol. The lowest BCUT2D eigenvalue weighted by molar-refractivity contribution is 0.159. The minimum Gasteiger partial charge on any atom is -0.0622 e. The number of hydrogen-bond donors (Lipinski definition) is 0. The number of fused-ring (bicyclic) bond motifs is 2. The van der Waals surface area contributed by atoms with Gasteiger partial charge in [-0.05, 0) is 51.8 Å². The molecule has 5 unspecified atom stereocenters. The predicted molar refractivity (Wildman–Crippen MR) is 62.3 cm³/mol. The van der Waals surface area contributed by atoms with Gasteiger partial charge in [0.05, 0.1) is 0 Å². The molecular formula is C15H24. The fourth-order valence-corrected chi connectivity index (χ4v) is 5.87. The topological polar surface area (TPSA) is 0 Å². The van der Waals surface area contributed by atoms with E-state index in [1.165, 1.54) is 5.92 Å². The summed E-state index contributed by atoms with van der Waals surface area (Å²) in [5.74, 6) is 6.62. The molecule has 0 spiro atoms. The summed E-state index contributed by atoms with van der Waals surface area (Å²) in [6.07, 6.45) is 0. The van der Waals surface area contributed by atoms with Crippen LogP contribution in [0.15, 0.2) is 0 Å². The lowest BCUT2D eigenvalue weighted by Gasteiger charge is -2.31. The zero-order valence-corrected chi connectivity index (χ0v) is 11.0. The maximum absolute atomic E-state index is 2.55. The van der Waals surface area contributed by atoms with E-state index in [4.69, 9.17) is 0 Å². The smallest absolute Gasteiger partial charge is 0.0201 e. The Morgan fingerprint density at radius 1 is 0.867 bits per heavy atom. The Morgan fingerprint density at radius 2 is 1.33 bits per heavy atom. The van der Waals surface area contributed by atoms with Crippen molar-refractivity contribution in [3.8, 4) is 0 Å². The fraction of sp³-hybridized carbons (Fsp3) is 1.00. The Labute approximate surface area is 93.8 Å². The zero-order chi connectivity index (χ0) is 11.0. The maximum Gasteiger partial charge on any atom is -0.0201 e. The van der Waals surface area contributed by atoms with Crippen molar-refractivity contribution in [2.75, 3.05) is 0 Å². The molecule has 4 aliphatic rings. The molecule has 0 amide bonds. The molecule has 15 heavy (non-hydrogen) atoms. The van der Waals surface area contributed by atoms with Crippen LogP contribution in [-0.4, -0.2) is 0 Å². The average molecular weight is 204 g/mol. The van der Waals surface area contributed by atoms with E-state index < -0.39 is 0 Å². The van der Waals surface area contributed by atoms with Crippen LogP contribution in [0.1, 0.15) is 41.5 Å². The molecule has 0 aromatic rings. The summed E-state index contributed by atoms with van der Waals surface area (Å²) in [6.45, 7) is 14.9. The largest absolute Gasteiger partial charge is 0.0622 e. The molecule has 0 N–H and O–H groups in total. The van der Waals surface area contributed by atoms with Gasteiger partial charge in [0, 0.05) is 0 Å². The lowest BCUT2D eigenvalue weighted by atomic mass is 9.73. The molecule has 4 saturated carbocycles. The van der Waals surface area contributed by atoms with Crippen molar-refractivity contribution in [1.82, 2.24) is 0 Å². The zero-order valence-electron chi connectivity index (χ0n) is 11.0. The maximum atomic E-state index is 2.55. The van der Waals surface area contributed by atoms with Crippen LogP contribution in [0.4, 0.5) is 0 Å². The van der Waals surface area contributed by atoms with Crippen molar-refractivity contribution in [2.24, 2.45) is 51.8 Å². The molecule has 84 valence electrons. The second-order valence-electron chi connectivity index (χ2n) is 8.16. The Morgan fingerprint density at radius 3 is 1.67 bits per heavy atom. The lowest BCUT2D eigenvalue weighted by Crippen LogP contribution is -2.27. The second kappa shape index (κ2) is 1.83. The van der Waals surface area contributed by atoms with Crippen molar-refractivity contribution < 1.29 is 0 Å². The van der Waals surface area contributed by atoms with Crippen molar-refractivity contribution in [3.05, 3.63) is 0 Å². The number of hydrogen-bond acceptors (Lipinski definition) is 0. The van der Waals surface area contributed by atoms with Gasteiger partial charge in [0.15, 0.2) is 0 Å². The Bertz CT molecular complexity index is 354. The highest BCUT2D eigenvalue weighted by atomic mass is 15.0. The first-order valence-corrected chi connectivity index (χ1v) is 6.80. The van der Waals surface area contributed by atoms with Gasteiger partial charge in [-0.3, -0.25) is 0 Å². The van der Waals surface area contributed by atoms with Crippen LogP contribution < -0.4 is 0 Å². The molecule has 5 atom stereocenters. The van der Waals surface area contributed by atoms with Gasteiger partial charge in [0.25, 0.3) is 0 Å². The molecule has 0 aromatic heterocycles. The first kappa shape index (κ1) is 9.07. The normalized spacial score (nSPS) is 71.0. The summed E-state index contributed by atoms with van der Waals surface area (Å²) >= 11 is 0. The van der Waals surface area contributed by atoms with Crippen LogP contribution in [0.25, 0.3) is 0 Å². The minimum absolute atomic E-state index is 0.709. The van der Waals surface area contributed by atoms with E-state index in [1.807, 2.05) is 0 Å². The van der Waals surface area contributed by atoms with Crippen molar-refractivity contribution in [1.29, 1.82) is 0 Å². The van der Waals surface area contributed by atoms with Crippen LogP contribution in [0.3, 0.4) is 0 Å². The third kappa shape index (κ3) is 0.620. The average Bonchev–Trinajstić information content (AvgIpc) is 2.97. The summed E-state index contributed by atoms with van der Waals surface area (Å²) in [4.78, 5) is 0. The van der Waals surface area contributed by atoms with Crippen molar-refractivity contribution in [3.63, 3.8) is 0 Å². The Balaban J connectivity index is 1.45. The highest BCUT2D eigenvalue weighted by Crippen LogP contribution is 3.00.